The number of para-hydroxylation sites is 1. The monoisotopic (exact) mass is 589 g/mol. The molecular weight excluding hydrogens is 550 g/mol. The molecule has 0 aromatic heterocycles. The van der Waals surface area contributed by atoms with Crippen molar-refractivity contribution in [3.63, 3.8) is 0 Å². The first-order valence-electron chi connectivity index (χ1n) is 15.3. The van der Waals surface area contributed by atoms with Gasteiger partial charge < -0.3 is 19.9 Å². The molecule has 1 heterocycles. The molecule has 44 heavy (non-hydrogen) atoms. The molecule has 1 atom stereocenters. The van der Waals surface area contributed by atoms with Gasteiger partial charge in [0.15, 0.2) is 0 Å². The quantitative estimate of drug-likeness (QED) is 0.183. The first-order chi connectivity index (χ1) is 21.4. The number of amides is 3. The molecule has 0 saturated heterocycles. The maximum atomic E-state index is 13.9. The minimum Gasteiger partial charge on any atom is -0.457 e. The topological polar surface area (TPSA) is 79.0 Å². The molecule has 1 aliphatic heterocycles. The maximum Gasteiger partial charge on any atom is 0.254 e. The van der Waals surface area contributed by atoms with E-state index in [0.717, 1.165) is 42.5 Å². The zero-order valence-corrected chi connectivity index (χ0v) is 25.4. The number of anilines is 2. The third kappa shape index (κ3) is 7.53. The fourth-order valence-electron chi connectivity index (χ4n) is 5.57. The SMILES string of the molecule is CCCCCCN(C(C)=O)c1ccc(NC(=O)C2Cc3ccccc3CN2C(=O)c2cccc(Oc3ccccc3)c2)cc1. The van der Waals surface area contributed by atoms with Crippen LogP contribution in [0.5, 0.6) is 11.5 Å². The summed E-state index contributed by atoms with van der Waals surface area (Å²) in [6.07, 6.45) is 4.72. The van der Waals surface area contributed by atoms with Crippen LogP contribution in [0.4, 0.5) is 11.4 Å². The lowest BCUT2D eigenvalue weighted by Gasteiger charge is -2.36. The molecule has 0 saturated carbocycles. The Kier molecular flexibility index (Phi) is 10.1. The van der Waals surface area contributed by atoms with Crippen molar-refractivity contribution >= 4 is 29.1 Å². The summed E-state index contributed by atoms with van der Waals surface area (Å²) in [6, 6.07) is 31.0. The summed E-state index contributed by atoms with van der Waals surface area (Å²) < 4.78 is 5.97. The van der Waals surface area contributed by atoms with Gasteiger partial charge in [0, 0.05) is 43.4 Å². The molecule has 0 bridgehead atoms. The Morgan fingerprint density at radius 2 is 1.52 bits per heavy atom. The molecule has 4 aromatic carbocycles. The van der Waals surface area contributed by atoms with Gasteiger partial charge in [-0.05, 0) is 72.1 Å². The number of rotatable bonds is 11. The Morgan fingerprint density at radius 3 is 2.25 bits per heavy atom. The van der Waals surface area contributed by atoms with Gasteiger partial charge in [-0.2, -0.15) is 0 Å². The fourth-order valence-corrected chi connectivity index (χ4v) is 5.57. The maximum absolute atomic E-state index is 13.9. The van der Waals surface area contributed by atoms with Crippen molar-refractivity contribution in [2.45, 2.75) is 58.5 Å². The molecule has 226 valence electrons. The molecule has 7 nitrogen and oxygen atoms in total. The average Bonchev–Trinajstić information content (AvgIpc) is 3.05. The normalized spacial score (nSPS) is 14.0. The Balaban J connectivity index is 1.33. The van der Waals surface area contributed by atoms with Gasteiger partial charge in [-0.1, -0.05) is 74.7 Å². The Bertz CT molecular complexity index is 1590. The van der Waals surface area contributed by atoms with E-state index in [0.29, 0.717) is 42.3 Å². The van der Waals surface area contributed by atoms with E-state index < -0.39 is 6.04 Å². The van der Waals surface area contributed by atoms with Crippen LogP contribution in [0.2, 0.25) is 0 Å². The summed E-state index contributed by atoms with van der Waals surface area (Å²) in [6.45, 7) is 4.72. The molecule has 1 N–H and O–H groups in total. The molecule has 7 heteroatoms. The first-order valence-corrected chi connectivity index (χ1v) is 15.3. The second-order valence-corrected chi connectivity index (χ2v) is 11.1. The fraction of sp³-hybridized carbons (Fsp3) is 0.270. The van der Waals surface area contributed by atoms with E-state index in [1.165, 1.54) is 0 Å². The molecule has 0 fully saturated rings. The number of unbranched alkanes of at least 4 members (excludes halogenated alkanes) is 3. The summed E-state index contributed by atoms with van der Waals surface area (Å²) in [5.41, 5.74) is 3.93. The highest BCUT2D eigenvalue weighted by molar-refractivity contribution is 6.02. The molecule has 3 amide bonds. The van der Waals surface area contributed by atoms with Crippen LogP contribution in [0.1, 0.15) is 61.0 Å². The predicted octanol–water partition coefficient (Wildman–Crippen LogP) is 7.62. The van der Waals surface area contributed by atoms with Crippen molar-refractivity contribution in [2.75, 3.05) is 16.8 Å². The minimum atomic E-state index is -0.706. The number of hydrogen-bond donors (Lipinski definition) is 1. The van der Waals surface area contributed by atoms with E-state index in [4.69, 9.17) is 4.74 Å². The van der Waals surface area contributed by atoms with E-state index >= 15 is 0 Å². The number of ether oxygens (including phenoxy) is 1. The van der Waals surface area contributed by atoms with Crippen LogP contribution >= 0.6 is 0 Å². The van der Waals surface area contributed by atoms with E-state index in [1.54, 1.807) is 34.9 Å². The number of benzene rings is 4. The molecule has 4 aromatic rings. The van der Waals surface area contributed by atoms with Gasteiger partial charge in [-0.15, -0.1) is 0 Å². The standard InChI is InChI=1S/C37H39N3O4/c1-3-4-5-11-23-39(27(2)41)32-21-19-31(20-22-32)38-36(42)35-25-28-13-9-10-14-30(28)26-40(35)37(43)29-15-12-18-34(24-29)44-33-16-7-6-8-17-33/h6-10,12-22,24,35H,3-5,11,23,25-26H2,1-2H3,(H,38,42). The summed E-state index contributed by atoms with van der Waals surface area (Å²) in [4.78, 5) is 43.4. The summed E-state index contributed by atoms with van der Waals surface area (Å²) >= 11 is 0. The number of carbonyl (C=O) groups excluding carboxylic acids is 3. The second-order valence-electron chi connectivity index (χ2n) is 11.1. The van der Waals surface area contributed by atoms with Crippen molar-refractivity contribution in [1.29, 1.82) is 0 Å². The minimum absolute atomic E-state index is 0.00783. The molecule has 0 radical (unpaired) electrons. The van der Waals surface area contributed by atoms with Crippen LogP contribution < -0.4 is 15.0 Å². The molecule has 1 unspecified atom stereocenters. The lowest BCUT2D eigenvalue weighted by Crippen LogP contribution is -2.50. The van der Waals surface area contributed by atoms with E-state index in [1.807, 2.05) is 84.9 Å². The molecular formula is C37H39N3O4. The van der Waals surface area contributed by atoms with Crippen molar-refractivity contribution in [1.82, 2.24) is 4.90 Å². The first kappa shape index (κ1) is 30.5. The second kappa shape index (κ2) is 14.5. The van der Waals surface area contributed by atoms with Gasteiger partial charge in [0.05, 0.1) is 0 Å². The van der Waals surface area contributed by atoms with E-state index in [9.17, 15) is 14.4 Å². The molecule has 5 rings (SSSR count). The zero-order chi connectivity index (χ0) is 30.9. The van der Waals surface area contributed by atoms with Crippen molar-refractivity contribution in [3.8, 4) is 11.5 Å². The van der Waals surface area contributed by atoms with Crippen LogP contribution in [0.25, 0.3) is 0 Å². The van der Waals surface area contributed by atoms with Gasteiger partial charge in [0.25, 0.3) is 5.91 Å². The van der Waals surface area contributed by atoms with Crippen LogP contribution in [-0.4, -0.2) is 35.2 Å². The molecule has 0 spiro atoms. The Morgan fingerprint density at radius 1 is 0.818 bits per heavy atom. The number of nitrogens with one attached hydrogen (secondary N) is 1. The van der Waals surface area contributed by atoms with Crippen molar-refractivity contribution in [2.24, 2.45) is 0 Å². The van der Waals surface area contributed by atoms with Gasteiger partial charge in [0.2, 0.25) is 11.8 Å². The highest BCUT2D eigenvalue weighted by Crippen LogP contribution is 2.28. The number of fused-ring (bicyclic) bond motifs is 1. The van der Waals surface area contributed by atoms with Crippen LogP contribution in [0, 0.1) is 0 Å². The van der Waals surface area contributed by atoms with E-state index in [2.05, 4.69) is 12.2 Å². The third-order valence-electron chi connectivity index (χ3n) is 7.93. The average molecular weight is 590 g/mol. The smallest absolute Gasteiger partial charge is 0.254 e. The zero-order valence-electron chi connectivity index (χ0n) is 25.4. The van der Waals surface area contributed by atoms with Gasteiger partial charge in [-0.3, -0.25) is 14.4 Å². The van der Waals surface area contributed by atoms with Gasteiger partial charge in [-0.25, -0.2) is 0 Å². The summed E-state index contributed by atoms with van der Waals surface area (Å²) in [5, 5.41) is 3.02. The lowest BCUT2D eigenvalue weighted by atomic mass is 9.92. The van der Waals surface area contributed by atoms with E-state index in [-0.39, 0.29) is 17.7 Å². The Labute approximate surface area is 259 Å². The van der Waals surface area contributed by atoms with Crippen LogP contribution in [0.15, 0.2) is 103 Å². The predicted molar refractivity (Wildman–Crippen MR) is 174 cm³/mol. The molecule has 0 aliphatic carbocycles. The number of nitrogens with zero attached hydrogens (tertiary/aromatic N) is 2. The Hall–Kier alpha value is -4.91. The summed E-state index contributed by atoms with van der Waals surface area (Å²) in [7, 11) is 0. The van der Waals surface area contributed by atoms with Gasteiger partial charge in [0.1, 0.15) is 17.5 Å². The van der Waals surface area contributed by atoms with Crippen LogP contribution in [-0.2, 0) is 22.6 Å². The molecule has 1 aliphatic rings. The lowest BCUT2D eigenvalue weighted by molar-refractivity contribution is -0.121. The largest absolute Gasteiger partial charge is 0.457 e. The highest BCUT2D eigenvalue weighted by atomic mass is 16.5. The van der Waals surface area contributed by atoms with Crippen molar-refractivity contribution < 1.29 is 19.1 Å². The van der Waals surface area contributed by atoms with Gasteiger partial charge >= 0.3 is 0 Å². The van der Waals surface area contributed by atoms with Crippen molar-refractivity contribution in [3.05, 3.63) is 120 Å². The summed E-state index contributed by atoms with van der Waals surface area (Å²) in [5.74, 6) is 0.709. The third-order valence-corrected chi connectivity index (χ3v) is 7.93. The number of carbonyl (C=O) groups is 3. The highest BCUT2D eigenvalue weighted by Gasteiger charge is 2.35. The number of hydrogen-bond acceptors (Lipinski definition) is 4. The van der Waals surface area contributed by atoms with Crippen LogP contribution in [0.3, 0.4) is 0 Å².